The van der Waals surface area contributed by atoms with Gasteiger partial charge in [-0.1, -0.05) is 42.1 Å². The maximum atomic E-state index is 5.74. The van der Waals surface area contributed by atoms with Crippen LogP contribution in [0.3, 0.4) is 0 Å². The molecule has 0 saturated heterocycles. The van der Waals surface area contributed by atoms with Crippen LogP contribution in [-0.4, -0.2) is 30.4 Å². The standard InChI is InChI=1S/C18H16N6OS/c1-12-7-6-10-15(13(12)2)24-18(21-22-23-24)26-11-16-19-20-17(25-16)14-8-4-3-5-9-14/h3-10H,11H2,1-2H3. The zero-order valence-electron chi connectivity index (χ0n) is 14.3. The van der Waals surface area contributed by atoms with Crippen molar-refractivity contribution in [3.8, 4) is 17.1 Å². The van der Waals surface area contributed by atoms with Crippen LogP contribution >= 0.6 is 11.8 Å². The van der Waals surface area contributed by atoms with Crippen LogP contribution in [0.25, 0.3) is 17.1 Å². The van der Waals surface area contributed by atoms with Gasteiger partial charge in [-0.15, -0.1) is 15.3 Å². The van der Waals surface area contributed by atoms with Crippen molar-refractivity contribution in [2.45, 2.75) is 24.8 Å². The Balaban J connectivity index is 1.53. The quantitative estimate of drug-likeness (QED) is 0.500. The van der Waals surface area contributed by atoms with Crippen molar-refractivity contribution >= 4 is 11.8 Å². The van der Waals surface area contributed by atoms with Gasteiger partial charge in [-0.25, -0.2) is 0 Å². The molecule has 0 saturated carbocycles. The van der Waals surface area contributed by atoms with E-state index in [1.165, 1.54) is 17.3 Å². The van der Waals surface area contributed by atoms with E-state index in [4.69, 9.17) is 4.42 Å². The van der Waals surface area contributed by atoms with Gasteiger partial charge in [-0.3, -0.25) is 0 Å². The Morgan fingerprint density at radius 3 is 2.65 bits per heavy atom. The van der Waals surface area contributed by atoms with Crippen LogP contribution < -0.4 is 0 Å². The zero-order valence-corrected chi connectivity index (χ0v) is 15.1. The van der Waals surface area contributed by atoms with Gasteiger partial charge in [-0.2, -0.15) is 4.68 Å². The van der Waals surface area contributed by atoms with Crippen molar-refractivity contribution in [3.63, 3.8) is 0 Å². The van der Waals surface area contributed by atoms with Crippen LogP contribution in [0.1, 0.15) is 17.0 Å². The number of nitrogens with zero attached hydrogens (tertiary/aromatic N) is 6. The van der Waals surface area contributed by atoms with Gasteiger partial charge in [0.25, 0.3) is 0 Å². The molecule has 4 aromatic rings. The average Bonchev–Trinajstić information content (AvgIpc) is 3.32. The van der Waals surface area contributed by atoms with Crippen molar-refractivity contribution in [3.05, 3.63) is 65.5 Å². The molecule has 7 nitrogen and oxygen atoms in total. The molecule has 0 bridgehead atoms. The molecule has 2 heterocycles. The number of hydrogen-bond acceptors (Lipinski definition) is 7. The second-order valence-corrected chi connectivity index (χ2v) is 6.69. The van der Waals surface area contributed by atoms with Crippen molar-refractivity contribution in [2.24, 2.45) is 0 Å². The van der Waals surface area contributed by atoms with E-state index in [-0.39, 0.29) is 0 Å². The first kappa shape index (κ1) is 16.5. The van der Waals surface area contributed by atoms with Gasteiger partial charge in [0.05, 0.1) is 11.4 Å². The van der Waals surface area contributed by atoms with E-state index in [0.717, 1.165) is 16.8 Å². The molecule has 0 aliphatic carbocycles. The summed E-state index contributed by atoms with van der Waals surface area (Å²) in [6, 6.07) is 15.8. The molecule has 0 radical (unpaired) electrons. The second kappa shape index (κ2) is 7.09. The number of hydrogen-bond donors (Lipinski definition) is 0. The third-order valence-electron chi connectivity index (χ3n) is 4.06. The van der Waals surface area contributed by atoms with E-state index >= 15 is 0 Å². The summed E-state index contributed by atoms with van der Waals surface area (Å²) in [5.41, 5.74) is 4.20. The molecule has 4 rings (SSSR count). The summed E-state index contributed by atoms with van der Waals surface area (Å²) in [6.07, 6.45) is 0. The highest BCUT2D eigenvalue weighted by Gasteiger charge is 2.14. The number of benzene rings is 2. The monoisotopic (exact) mass is 364 g/mol. The Kier molecular flexibility index (Phi) is 4.49. The molecule has 0 spiro atoms. The molecule has 130 valence electrons. The molecule has 0 unspecified atom stereocenters. The Hall–Kier alpha value is -3.00. The third-order valence-corrected chi connectivity index (χ3v) is 4.96. The summed E-state index contributed by atoms with van der Waals surface area (Å²) in [4.78, 5) is 0. The molecular weight excluding hydrogens is 348 g/mol. The highest BCUT2D eigenvalue weighted by atomic mass is 32.2. The fourth-order valence-corrected chi connectivity index (χ4v) is 3.24. The molecule has 26 heavy (non-hydrogen) atoms. The number of aryl methyl sites for hydroxylation is 1. The largest absolute Gasteiger partial charge is 0.420 e. The van der Waals surface area contributed by atoms with E-state index in [1.54, 1.807) is 4.68 Å². The third kappa shape index (κ3) is 3.23. The van der Waals surface area contributed by atoms with E-state index < -0.39 is 0 Å². The summed E-state index contributed by atoms with van der Waals surface area (Å²) < 4.78 is 7.47. The number of rotatable bonds is 5. The molecule has 0 fully saturated rings. The Morgan fingerprint density at radius 2 is 1.81 bits per heavy atom. The summed E-state index contributed by atoms with van der Waals surface area (Å²) in [6.45, 7) is 4.13. The molecular formula is C18H16N6OS. The minimum Gasteiger partial charge on any atom is -0.420 e. The first-order chi connectivity index (χ1) is 12.7. The molecule has 2 aromatic heterocycles. The molecule has 0 atom stereocenters. The molecule has 0 amide bonds. The fourth-order valence-electron chi connectivity index (χ4n) is 2.52. The smallest absolute Gasteiger partial charge is 0.247 e. The van der Waals surface area contributed by atoms with Crippen LogP contribution in [0.4, 0.5) is 0 Å². The second-order valence-electron chi connectivity index (χ2n) is 5.75. The van der Waals surface area contributed by atoms with Crippen LogP contribution in [-0.2, 0) is 5.75 Å². The fraction of sp³-hybridized carbons (Fsp3) is 0.167. The van der Waals surface area contributed by atoms with E-state index in [0.29, 0.717) is 22.7 Å². The van der Waals surface area contributed by atoms with Gasteiger partial charge in [-0.05, 0) is 53.6 Å². The Labute approximate surface area is 154 Å². The maximum absolute atomic E-state index is 5.74. The maximum Gasteiger partial charge on any atom is 0.247 e. The predicted molar refractivity (Wildman–Crippen MR) is 97.9 cm³/mol. The van der Waals surface area contributed by atoms with E-state index in [1.807, 2.05) is 42.5 Å². The average molecular weight is 364 g/mol. The molecule has 0 aliphatic rings. The first-order valence-corrected chi connectivity index (χ1v) is 9.06. The van der Waals surface area contributed by atoms with Gasteiger partial charge in [0, 0.05) is 5.56 Å². The van der Waals surface area contributed by atoms with Crippen molar-refractivity contribution < 1.29 is 4.42 Å². The van der Waals surface area contributed by atoms with Crippen LogP contribution in [0.2, 0.25) is 0 Å². The van der Waals surface area contributed by atoms with Crippen molar-refractivity contribution in [2.75, 3.05) is 0 Å². The van der Waals surface area contributed by atoms with Gasteiger partial charge in [0.2, 0.25) is 16.9 Å². The lowest BCUT2D eigenvalue weighted by Gasteiger charge is -2.08. The molecule has 0 aliphatic heterocycles. The number of aromatic nitrogens is 6. The Bertz CT molecular complexity index is 1030. The lowest BCUT2D eigenvalue weighted by Crippen LogP contribution is -2.02. The van der Waals surface area contributed by atoms with Gasteiger partial charge in [0.15, 0.2) is 0 Å². The molecule has 0 N–H and O–H groups in total. The first-order valence-electron chi connectivity index (χ1n) is 8.08. The van der Waals surface area contributed by atoms with Gasteiger partial charge in [0.1, 0.15) is 0 Å². The van der Waals surface area contributed by atoms with Crippen molar-refractivity contribution in [1.82, 2.24) is 30.4 Å². The topological polar surface area (TPSA) is 82.5 Å². The highest BCUT2D eigenvalue weighted by molar-refractivity contribution is 7.98. The van der Waals surface area contributed by atoms with Crippen LogP contribution in [0.5, 0.6) is 0 Å². The van der Waals surface area contributed by atoms with Crippen LogP contribution in [0.15, 0.2) is 58.1 Å². The normalized spacial score (nSPS) is 11.0. The Morgan fingerprint density at radius 1 is 0.962 bits per heavy atom. The van der Waals surface area contributed by atoms with Gasteiger partial charge >= 0.3 is 0 Å². The predicted octanol–water partition coefficient (Wildman–Crippen LogP) is 3.62. The molecule has 2 aromatic carbocycles. The van der Waals surface area contributed by atoms with Crippen LogP contribution in [0, 0.1) is 13.8 Å². The van der Waals surface area contributed by atoms with E-state index in [9.17, 15) is 0 Å². The summed E-state index contributed by atoms with van der Waals surface area (Å²) in [5.74, 6) is 1.53. The summed E-state index contributed by atoms with van der Waals surface area (Å²) >= 11 is 1.46. The SMILES string of the molecule is Cc1cccc(-n2nnnc2SCc2nnc(-c3ccccc3)o2)c1C. The minimum atomic E-state index is 0.491. The van der Waals surface area contributed by atoms with Gasteiger partial charge < -0.3 is 4.42 Å². The number of thioether (sulfide) groups is 1. The lowest BCUT2D eigenvalue weighted by molar-refractivity contribution is 0.528. The summed E-state index contributed by atoms with van der Waals surface area (Å²) in [7, 11) is 0. The zero-order chi connectivity index (χ0) is 17.9. The minimum absolute atomic E-state index is 0.491. The van der Waals surface area contributed by atoms with Crippen molar-refractivity contribution in [1.29, 1.82) is 0 Å². The lowest BCUT2D eigenvalue weighted by atomic mass is 10.1. The summed E-state index contributed by atoms with van der Waals surface area (Å²) in [5, 5.41) is 20.9. The molecule has 8 heteroatoms. The number of tetrazole rings is 1. The highest BCUT2D eigenvalue weighted by Crippen LogP contribution is 2.26. The van der Waals surface area contributed by atoms with E-state index in [2.05, 4.69) is 45.6 Å².